The summed E-state index contributed by atoms with van der Waals surface area (Å²) in [6.07, 6.45) is 0. The van der Waals surface area contributed by atoms with E-state index in [0.29, 0.717) is 17.5 Å². The lowest BCUT2D eigenvalue weighted by Crippen LogP contribution is -2.02. The van der Waals surface area contributed by atoms with Crippen LogP contribution in [0.3, 0.4) is 0 Å². The highest BCUT2D eigenvalue weighted by Crippen LogP contribution is 2.44. The molecular weight excluding hydrogens is 703 g/mol. The Hall–Kier alpha value is -7.75. The summed E-state index contributed by atoms with van der Waals surface area (Å²) in [5.41, 5.74) is 5.23. The van der Waals surface area contributed by atoms with Crippen LogP contribution in [-0.4, -0.2) is 15.0 Å². The number of nitrogens with zero attached hydrogens (tertiary/aromatic N) is 3. The van der Waals surface area contributed by atoms with Gasteiger partial charge in [0.1, 0.15) is 0 Å². The van der Waals surface area contributed by atoms with Crippen LogP contribution in [0.2, 0.25) is 0 Å². The molecule has 12 aromatic rings. The van der Waals surface area contributed by atoms with Crippen LogP contribution in [0.1, 0.15) is 0 Å². The van der Waals surface area contributed by atoms with Crippen molar-refractivity contribution in [2.45, 2.75) is 0 Å². The van der Waals surface area contributed by atoms with Gasteiger partial charge in [-0.2, -0.15) is 0 Å². The minimum Gasteiger partial charge on any atom is -0.208 e. The molecule has 0 spiro atoms. The average Bonchev–Trinajstić information content (AvgIpc) is 3.30. The molecule has 268 valence electrons. The van der Waals surface area contributed by atoms with Gasteiger partial charge in [0.15, 0.2) is 17.5 Å². The summed E-state index contributed by atoms with van der Waals surface area (Å²) in [6, 6.07) is 71.6. The van der Waals surface area contributed by atoms with Gasteiger partial charge in [-0.15, -0.1) is 0 Å². The van der Waals surface area contributed by atoms with Gasteiger partial charge in [-0.05, 0) is 98.7 Å². The maximum Gasteiger partial charge on any atom is 0.165 e. The van der Waals surface area contributed by atoms with E-state index >= 15 is 0 Å². The molecule has 0 amide bonds. The van der Waals surface area contributed by atoms with Crippen molar-refractivity contribution in [1.82, 2.24) is 15.0 Å². The fourth-order valence-electron chi connectivity index (χ4n) is 9.19. The first-order chi connectivity index (χ1) is 28.8. The molecule has 1 heterocycles. The number of fused-ring (bicyclic) bond motifs is 12. The van der Waals surface area contributed by atoms with Gasteiger partial charge in [-0.25, -0.2) is 15.0 Å². The van der Waals surface area contributed by atoms with Gasteiger partial charge in [-0.3, -0.25) is 0 Å². The second-order valence-electron chi connectivity index (χ2n) is 15.1. The van der Waals surface area contributed by atoms with Crippen LogP contribution in [0, 0.1) is 0 Å². The zero-order valence-electron chi connectivity index (χ0n) is 31.4. The van der Waals surface area contributed by atoms with E-state index < -0.39 is 0 Å². The van der Waals surface area contributed by atoms with Gasteiger partial charge in [0.25, 0.3) is 0 Å². The maximum atomic E-state index is 5.52. The zero-order chi connectivity index (χ0) is 38.2. The molecule has 0 fully saturated rings. The summed E-state index contributed by atoms with van der Waals surface area (Å²) in [5.74, 6) is 1.93. The molecule has 0 unspecified atom stereocenters. The Labute approximate surface area is 334 Å². The van der Waals surface area contributed by atoms with Gasteiger partial charge in [0.05, 0.1) is 0 Å². The summed E-state index contributed by atoms with van der Waals surface area (Å²) in [6.45, 7) is 0. The van der Waals surface area contributed by atoms with Crippen molar-refractivity contribution in [2.24, 2.45) is 0 Å². The van der Waals surface area contributed by atoms with Crippen molar-refractivity contribution >= 4 is 75.4 Å². The van der Waals surface area contributed by atoms with Gasteiger partial charge in [-0.1, -0.05) is 188 Å². The molecule has 58 heavy (non-hydrogen) atoms. The second-order valence-corrected chi connectivity index (χ2v) is 15.1. The lowest BCUT2D eigenvalue weighted by Gasteiger charge is -2.17. The van der Waals surface area contributed by atoms with Crippen molar-refractivity contribution in [1.29, 1.82) is 0 Å². The van der Waals surface area contributed by atoms with Gasteiger partial charge < -0.3 is 0 Å². The number of rotatable bonds is 4. The van der Waals surface area contributed by atoms with Crippen LogP contribution in [0.4, 0.5) is 0 Å². The number of hydrogen-bond acceptors (Lipinski definition) is 3. The summed E-state index contributed by atoms with van der Waals surface area (Å²) >= 11 is 0. The normalized spacial score (nSPS) is 11.8. The summed E-state index contributed by atoms with van der Waals surface area (Å²) < 4.78 is 0. The Bertz CT molecular complexity index is 3610. The first kappa shape index (κ1) is 32.5. The SMILES string of the molecule is c1ccc(-c2ccc(-c3nc(-c4c5ccccc5cc5c4ccc4ccccc45)nc(-c4cc5c6ccccc6c6ccccc6c5c5ccccc45)n3)cc2)cc1. The summed E-state index contributed by atoms with van der Waals surface area (Å²) in [5, 5.41) is 16.6. The minimum atomic E-state index is 0.633. The van der Waals surface area contributed by atoms with Crippen LogP contribution in [-0.2, 0) is 0 Å². The van der Waals surface area contributed by atoms with Crippen LogP contribution in [0.25, 0.3) is 121 Å². The lowest BCUT2D eigenvalue weighted by atomic mass is 9.89. The van der Waals surface area contributed by atoms with E-state index in [1.807, 2.05) is 6.07 Å². The van der Waals surface area contributed by atoms with Gasteiger partial charge in [0.2, 0.25) is 0 Å². The quantitative estimate of drug-likeness (QED) is 0.133. The molecule has 1 aromatic heterocycles. The fraction of sp³-hybridized carbons (Fsp3) is 0. The van der Waals surface area contributed by atoms with Crippen molar-refractivity contribution in [3.63, 3.8) is 0 Å². The molecule has 3 nitrogen and oxygen atoms in total. The smallest absolute Gasteiger partial charge is 0.165 e. The highest BCUT2D eigenvalue weighted by molar-refractivity contribution is 6.33. The number of hydrogen-bond donors (Lipinski definition) is 0. The largest absolute Gasteiger partial charge is 0.208 e. The van der Waals surface area contributed by atoms with Crippen molar-refractivity contribution < 1.29 is 0 Å². The molecule has 0 aliphatic carbocycles. The van der Waals surface area contributed by atoms with Gasteiger partial charge >= 0.3 is 0 Å². The Balaban J connectivity index is 1.20. The molecular formula is C55H33N3. The molecule has 0 radical (unpaired) electrons. The molecule has 0 atom stereocenters. The predicted molar refractivity (Wildman–Crippen MR) is 244 cm³/mol. The Morgan fingerprint density at radius 1 is 0.241 bits per heavy atom. The van der Waals surface area contributed by atoms with Crippen molar-refractivity contribution in [3.05, 3.63) is 200 Å². The molecule has 11 aromatic carbocycles. The molecule has 0 aliphatic rings. The van der Waals surface area contributed by atoms with E-state index in [-0.39, 0.29) is 0 Å². The molecule has 0 saturated carbocycles. The summed E-state index contributed by atoms with van der Waals surface area (Å²) in [4.78, 5) is 16.3. The molecule has 0 saturated heterocycles. The minimum absolute atomic E-state index is 0.633. The van der Waals surface area contributed by atoms with E-state index in [2.05, 4.69) is 194 Å². The standard InChI is InChI=1S/C55H33N3/c1-2-14-34(15-3-1)35-26-28-37(29-27-35)53-56-54(58-55(57-53)52-40-19-7-5-17-38(40)32-48-39-18-6-4-16-36(39)30-31-47(48)52)50-33-49-43-22-9-8-20-41(43)42-21-10-12-24-45(42)51(49)46-25-13-11-23-44(46)50/h1-33H. The van der Waals surface area contributed by atoms with E-state index in [1.54, 1.807) is 0 Å². The van der Waals surface area contributed by atoms with E-state index in [4.69, 9.17) is 15.0 Å². The third-order valence-electron chi connectivity index (χ3n) is 11.9. The van der Waals surface area contributed by atoms with Crippen LogP contribution < -0.4 is 0 Å². The van der Waals surface area contributed by atoms with Crippen molar-refractivity contribution in [2.75, 3.05) is 0 Å². The summed E-state index contributed by atoms with van der Waals surface area (Å²) in [7, 11) is 0. The highest BCUT2D eigenvalue weighted by Gasteiger charge is 2.21. The number of benzene rings is 11. The van der Waals surface area contributed by atoms with Crippen LogP contribution >= 0.6 is 0 Å². The van der Waals surface area contributed by atoms with E-state index in [1.165, 1.54) is 59.4 Å². The van der Waals surface area contributed by atoms with Crippen LogP contribution in [0.5, 0.6) is 0 Å². The Kier molecular flexibility index (Phi) is 7.23. The lowest BCUT2D eigenvalue weighted by molar-refractivity contribution is 1.08. The average molecular weight is 736 g/mol. The maximum absolute atomic E-state index is 5.52. The monoisotopic (exact) mass is 735 g/mol. The Morgan fingerprint density at radius 2 is 0.741 bits per heavy atom. The first-order valence-corrected chi connectivity index (χ1v) is 19.8. The van der Waals surface area contributed by atoms with Crippen molar-refractivity contribution in [3.8, 4) is 45.3 Å². The second kappa shape index (κ2) is 12.9. The number of aromatic nitrogens is 3. The van der Waals surface area contributed by atoms with E-state index in [0.717, 1.165) is 43.8 Å². The molecule has 3 heteroatoms. The molecule has 0 N–H and O–H groups in total. The fourth-order valence-corrected chi connectivity index (χ4v) is 9.19. The molecule has 0 bridgehead atoms. The molecule has 0 aliphatic heterocycles. The third kappa shape index (κ3) is 5.04. The predicted octanol–water partition coefficient (Wildman–Crippen LogP) is 14.6. The molecule has 12 rings (SSSR count). The first-order valence-electron chi connectivity index (χ1n) is 19.8. The van der Waals surface area contributed by atoms with Gasteiger partial charge in [0, 0.05) is 16.7 Å². The van der Waals surface area contributed by atoms with E-state index in [9.17, 15) is 0 Å². The topological polar surface area (TPSA) is 38.7 Å². The zero-order valence-corrected chi connectivity index (χ0v) is 31.4. The third-order valence-corrected chi connectivity index (χ3v) is 11.9. The Morgan fingerprint density at radius 3 is 1.48 bits per heavy atom. The van der Waals surface area contributed by atoms with Crippen LogP contribution in [0.15, 0.2) is 200 Å². The highest BCUT2D eigenvalue weighted by atomic mass is 15.0.